The van der Waals surface area contributed by atoms with E-state index in [1.54, 1.807) is 0 Å². The lowest BCUT2D eigenvalue weighted by molar-refractivity contribution is 0.0112. The van der Waals surface area contributed by atoms with Gasteiger partial charge in [0.1, 0.15) is 5.58 Å². The first-order chi connectivity index (χ1) is 9.74. The van der Waals surface area contributed by atoms with Crippen LogP contribution in [0.4, 0.5) is 0 Å². The van der Waals surface area contributed by atoms with Crippen molar-refractivity contribution in [3.63, 3.8) is 0 Å². The zero-order valence-corrected chi connectivity index (χ0v) is 11.9. The molecule has 1 aliphatic heterocycles. The van der Waals surface area contributed by atoms with Crippen molar-refractivity contribution in [3.05, 3.63) is 35.0 Å². The normalized spacial score (nSPS) is 18.5. The summed E-state index contributed by atoms with van der Waals surface area (Å²) in [6, 6.07) is 7.79. The van der Waals surface area contributed by atoms with Gasteiger partial charge in [-0.15, -0.1) is 0 Å². The average molecular weight is 296 g/mol. The Morgan fingerprint density at radius 2 is 2.00 bits per heavy atom. The smallest absolute Gasteiger partial charge is 0.199 e. The lowest BCUT2D eigenvalue weighted by Crippen LogP contribution is -2.51. The Bertz CT molecular complexity index is 590. The van der Waals surface area contributed by atoms with Gasteiger partial charge in [-0.05, 0) is 30.5 Å². The first kappa shape index (κ1) is 13.9. The summed E-state index contributed by atoms with van der Waals surface area (Å²) in [7, 11) is 0. The average Bonchev–Trinajstić information content (AvgIpc) is 2.81. The first-order valence-corrected chi connectivity index (χ1v) is 7.21. The number of fused-ring (bicyclic) bond motifs is 1. The van der Waals surface area contributed by atoms with E-state index in [-0.39, 0.29) is 12.1 Å². The van der Waals surface area contributed by atoms with Gasteiger partial charge in [-0.2, -0.15) is 0 Å². The number of para-hydroxylation sites is 1. The highest BCUT2D eigenvalue weighted by atomic mass is 35.5. The molecule has 1 aromatic heterocycles. The highest BCUT2D eigenvalue weighted by Gasteiger charge is 2.31. The van der Waals surface area contributed by atoms with Gasteiger partial charge in [0.05, 0.1) is 6.61 Å². The summed E-state index contributed by atoms with van der Waals surface area (Å²) in [5.41, 5.74) is 1.46. The van der Waals surface area contributed by atoms with E-state index in [0.29, 0.717) is 25.0 Å². The zero-order valence-electron chi connectivity index (χ0n) is 11.2. The highest BCUT2D eigenvalue weighted by Crippen LogP contribution is 2.30. The van der Waals surface area contributed by atoms with Crippen LogP contribution in [0.2, 0.25) is 5.22 Å². The molecule has 0 unspecified atom stereocenters. The van der Waals surface area contributed by atoms with Crippen molar-refractivity contribution in [2.75, 3.05) is 19.8 Å². The van der Waals surface area contributed by atoms with Crippen molar-refractivity contribution in [2.45, 2.75) is 24.9 Å². The zero-order chi connectivity index (χ0) is 14.0. The fourth-order valence-electron chi connectivity index (χ4n) is 2.66. The van der Waals surface area contributed by atoms with Crippen molar-refractivity contribution in [1.29, 1.82) is 0 Å². The van der Waals surface area contributed by atoms with Gasteiger partial charge >= 0.3 is 0 Å². The minimum Gasteiger partial charge on any atom is -0.444 e. The molecule has 0 aliphatic carbocycles. The van der Waals surface area contributed by atoms with Crippen LogP contribution in [0.25, 0.3) is 11.0 Å². The maximum absolute atomic E-state index is 9.68. The van der Waals surface area contributed by atoms with Gasteiger partial charge in [0, 0.05) is 36.2 Å². The minimum absolute atomic E-state index is 0.101. The van der Waals surface area contributed by atoms with Crippen molar-refractivity contribution in [1.82, 2.24) is 5.32 Å². The van der Waals surface area contributed by atoms with Crippen LogP contribution in [0.1, 0.15) is 18.4 Å². The predicted octanol–water partition coefficient (Wildman–Crippen LogP) is 2.72. The predicted molar refractivity (Wildman–Crippen MR) is 77.9 cm³/mol. The Morgan fingerprint density at radius 3 is 2.75 bits per heavy atom. The van der Waals surface area contributed by atoms with Gasteiger partial charge < -0.3 is 19.6 Å². The summed E-state index contributed by atoms with van der Waals surface area (Å²) in [6.45, 7) is 2.03. The summed E-state index contributed by atoms with van der Waals surface area (Å²) < 4.78 is 10.9. The SMILES string of the molecule is OCC1(NCc2c(Cl)oc3ccccc23)CCOCC1. The first-order valence-electron chi connectivity index (χ1n) is 6.84. The number of aliphatic hydroxyl groups is 1. The van der Waals surface area contributed by atoms with Gasteiger partial charge in [0.2, 0.25) is 0 Å². The number of rotatable bonds is 4. The fraction of sp³-hybridized carbons (Fsp3) is 0.467. The van der Waals surface area contributed by atoms with Crippen molar-refractivity contribution in [2.24, 2.45) is 0 Å². The van der Waals surface area contributed by atoms with E-state index in [0.717, 1.165) is 29.4 Å². The molecule has 0 atom stereocenters. The third-order valence-electron chi connectivity index (χ3n) is 4.04. The number of hydrogen-bond acceptors (Lipinski definition) is 4. The molecule has 0 bridgehead atoms. The summed E-state index contributed by atoms with van der Waals surface area (Å²) >= 11 is 6.18. The number of furan rings is 1. The van der Waals surface area contributed by atoms with Crippen molar-refractivity contribution >= 4 is 22.6 Å². The molecule has 1 aliphatic rings. The number of nitrogens with one attached hydrogen (secondary N) is 1. The largest absolute Gasteiger partial charge is 0.444 e. The number of hydrogen-bond donors (Lipinski definition) is 2. The molecule has 2 N–H and O–H groups in total. The lowest BCUT2D eigenvalue weighted by Gasteiger charge is -2.36. The lowest BCUT2D eigenvalue weighted by atomic mass is 9.90. The quantitative estimate of drug-likeness (QED) is 0.910. The Hall–Kier alpha value is -1.07. The van der Waals surface area contributed by atoms with E-state index < -0.39 is 0 Å². The molecule has 2 heterocycles. The van der Waals surface area contributed by atoms with E-state index in [1.165, 1.54) is 0 Å². The molecule has 5 heteroatoms. The second-order valence-corrected chi connectivity index (χ2v) is 5.60. The molecule has 2 aromatic rings. The highest BCUT2D eigenvalue weighted by molar-refractivity contribution is 6.30. The Morgan fingerprint density at radius 1 is 1.25 bits per heavy atom. The van der Waals surface area contributed by atoms with E-state index in [2.05, 4.69) is 5.32 Å². The molecule has 3 rings (SSSR count). The molecular formula is C15H18ClNO3. The standard InChI is InChI=1S/C15H18ClNO3/c16-14-12(11-3-1-2-4-13(11)20-14)9-17-15(10-18)5-7-19-8-6-15/h1-4,17-18H,5-10H2. The molecule has 1 saturated heterocycles. The maximum atomic E-state index is 9.68. The van der Waals surface area contributed by atoms with Crippen LogP contribution >= 0.6 is 11.6 Å². The van der Waals surface area contributed by atoms with Crippen LogP contribution in [0.15, 0.2) is 28.7 Å². The molecule has 20 heavy (non-hydrogen) atoms. The summed E-state index contributed by atoms with van der Waals surface area (Å²) in [5.74, 6) is 0. The Kier molecular flexibility index (Phi) is 3.98. The molecule has 1 aromatic carbocycles. The number of benzene rings is 1. The van der Waals surface area contributed by atoms with Gasteiger partial charge in [0.25, 0.3) is 0 Å². The molecule has 0 radical (unpaired) electrons. The van der Waals surface area contributed by atoms with Gasteiger partial charge in [-0.25, -0.2) is 0 Å². The topological polar surface area (TPSA) is 54.6 Å². The van der Waals surface area contributed by atoms with Crippen LogP contribution in [0.3, 0.4) is 0 Å². The van der Waals surface area contributed by atoms with Gasteiger partial charge in [-0.3, -0.25) is 0 Å². The molecule has 0 saturated carbocycles. The second-order valence-electron chi connectivity index (χ2n) is 5.25. The number of ether oxygens (including phenoxy) is 1. The molecule has 1 fully saturated rings. The van der Waals surface area contributed by atoms with E-state index in [9.17, 15) is 5.11 Å². The maximum Gasteiger partial charge on any atom is 0.199 e. The minimum atomic E-state index is -0.278. The van der Waals surface area contributed by atoms with Gasteiger partial charge in [-0.1, -0.05) is 18.2 Å². The second kappa shape index (κ2) is 5.74. The van der Waals surface area contributed by atoms with E-state index in [1.807, 2.05) is 24.3 Å². The molecule has 0 spiro atoms. The molecular weight excluding hydrogens is 278 g/mol. The molecule has 4 nitrogen and oxygen atoms in total. The summed E-state index contributed by atoms with van der Waals surface area (Å²) in [6.07, 6.45) is 1.60. The monoisotopic (exact) mass is 295 g/mol. The fourth-order valence-corrected chi connectivity index (χ4v) is 2.91. The van der Waals surface area contributed by atoms with E-state index in [4.69, 9.17) is 20.8 Å². The van der Waals surface area contributed by atoms with Crippen LogP contribution < -0.4 is 5.32 Å². The molecule has 0 amide bonds. The van der Waals surface area contributed by atoms with Crippen LogP contribution in [0.5, 0.6) is 0 Å². The van der Waals surface area contributed by atoms with Crippen molar-refractivity contribution < 1.29 is 14.3 Å². The van der Waals surface area contributed by atoms with E-state index >= 15 is 0 Å². The third-order valence-corrected chi connectivity index (χ3v) is 4.35. The Labute approximate surface area is 122 Å². The summed E-state index contributed by atoms with van der Waals surface area (Å²) in [5, 5.41) is 14.6. The molecule has 108 valence electrons. The summed E-state index contributed by atoms with van der Waals surface area (Å²) in [4.78, 5) is 0. The van der Waals surface area contributed by atoms with Gasteiger partial charge in [0.15, 0.2) is 5.22 Å². The third kappa shape index (κ3) is 2.56. The van der Waals surface area contributed by atoms with Crippen LogP contribution in [-0.2, 0) is 11.3 Å². The number of halogens is 1. The number of aliphatic hydroxyl groups excluding tert-OH is 1. The van der Waals surface area contributed by atoms with Crippen LogP contribution in [0, 0.1) is 0 Å². The Balaban J connectivity index is 1.81. The van der Waals surface area contributed by atoms with Crippen molar-refractivity contribution in [3.8, 4) is 0 Å². The van der Waals surface area contributed by atoms with Crippen LogP contribution in [-0.4, -0.2) is 30.5 Å².